The number of carbonyl (C=O) groups is 1. The summed E-state index contributed by atoms with van der Waals surface area (Å²) in [6.45, 7) is 8.89. The van der Waals surface area contributed by atoms with Crippen LogP contribution in [0.15, 0.2) is 42.5 Å². The van der Waals surface area contributed by atoms with Gasteiger partial charge in [0, 0.05) is 12.2 Å². The number of para-hydroxylation sites is 1. The van der Waals surface area contributed by atoms with Crippen molar-refractivity contribution in [3.63, 3.8) is 0 Å². The monoisotopic (exact) mass is 368 g/mol. The second-order valence-corrected chi connectivity index (χ2v) is 7.90. The number of nitrogens with one attached hydrogen (secondary N) is 1. The SMILES string of the molecule is Cc1ccc(OCN2CCCc3ccccc32)c(NC(=O)OC(C)(C)C)c1. The van der Waals surface area contributed by atoms with Gasteiger partial charge in [0.1, 0.15) is 11.4 Å². The van der Waals surface area contributed by atoms with E-state index in [-0.39, 0.29) is 0 Å². The Morgan fingerprint density at radius 3 is 2.74 bits per heavy atom. The van der Waals surface area contributed by atoms with Gasteiger partial charge in [-0.15, -0.1) is 0 Å². The molecule has 1 aliphatic rings. The number of anilines is 2. The van der Waals surface area contributed by atoms with E-state index in [1.807, 2.05) is 45.9 Å². The Hall–Kier alpha value is -2.69. The Labute approximate surface area is 161 Å². The summed E-state index contributed by atoms with van der Waals surface area (Å²) in [7, 11) is 0. The number of amides is 1. The van der Waals surface area contributed by atoms with Crippen molar-refractivity contribution in [3.05, 3.63) is 53.6 Å². The number of hydrogen-bond donors (Lipinski definition) is 1. The van der Waals surface area contributed by atoms with Gasteiger partial charge in [0.05, 0.1) is 5.69 Å². The number of ether oxygens (including phenoxy) is 2. The Morgan fingerprint density at radius 2 is 1.96 bits per heavy atom. The molecule has 0 aliphatic carbocycles. The zero-order chi connectivity index (χ0) is 19.4. The van der Waals surface area contributed by atoms with Gasteiger partial charge in [0.2, 0.25) is 0 Å². The number of rotatable bonds is 4. The van der Waals surface area contributed by atoms with Crippen LogP contribution in [-0.4, -0.2) is 25.0 Å². The highest BCUT2D eigenvalue weighted by molar-refractivity contribution is 5.87. The zero-order valence-corrected chi connectivity index (χ0v) is 16.5. The fourth-order valence-electron chi connectivity index (χ4n) is 3.17. The molecule has 3 rings (SSSR count). The molecule has 0 atom stereocenters. The number of benzene rings is 2. The molecule has 1 amide bonds. The summed E-state index contributed by atoms with van der Waals surface area (Å²) < 4.78 is 11.4. The summed E-state index contributed by atoms with van der Waals surface area (Å²) in [6, 6.07) is 14.2. The molecular formula is C22H28N2O3. The lowest BCUT2D eigenvalue weighted by molar-refractivity contribution is 0.0635. The molecule has 1 aliphatic heterocycles. The highest BCUT2D eigenvalue weighted by Crippen LogP contribution is 2.29. The maximum Gasteiger partial charge on any atom is 0.412 e. The Bertz CT molecular complexity index is 811. The minimum atomic E-state index is -0.549. The van der Waals surface area contributed by atoms with Crippen molar-refractivity contribution in [1.82, 2.24) is 0 Å². The molecule has 0 spiro atoms. The second-order valence-electron chi connectivity index (χ2n) is 7.90. The first-order chi connectivity index (χ1) is 12.8. The van der Waals surface area contributed by atoms with Gasteiger partial charge >= 0.3 is 6.09 Å². The average molecular weight is 368 g/mol. The quantitative estimate of drug-likeness (QED) is 0.813. The van der Waals surface area contributed by atoms with Crippen molar-refractivity contribution in [3.8, 4) is 5.75 Å². The van der Waals surface area contributed by atoms with Gasteiger partial charge in [-0.2, -0.15) is 0 Å². The summed E-state index contributed by atoms with van der Waals surface area (Å²) in [5.41, 5.74) is 3.68. The van der Waals surface area contributed by atoms with E-state index in [2.05, 4.69) is 34.5 Å². The third-order valence-electron chi connectivity index (χ3n) is 4.35. The highest BCUT2D eigenvalue weighted by Gasteiger charge is 2.19. The number of aryl methyl sites for hydroxylation is 2. The van der Waals surface area contributed by atoms with Gasteiger partial charge in [0.15, 0.2) is 6.73 Å². The summed E-state index contributed by atoms with van der Waals surface area (Å²) >= 11 is 0. The largest absolute Gasteiger partial charge is 0.471 e. The first kappa shape index (κ1) is 19.1. The van der Waals surface area contributed by atoms with Crippen LogP contribution in [0, 0.1) is 6.92 Å². The van der Waals surface area contributed by atoms with E-state index in [9.17, 15) is 4.79 Å². The molecule has 5 nitrogen and oxygen atoms in total. The van der Waals surface area contributed by atoms with E-state index in [1.54, 1.807) is 0 Å². The van der Waals surface area contributed by atoms with E-state index in [4.69, 9.17) is 9.47 Å². The molecule has 27 heavy (non-hydrogen) atoms. The summed E-state index contributed by atoms with van der Waals surface area (Å²) in [4.78, 5) is 14.4. The molecule has 2 aromatic carbocycles. The summed E-state index contributed by atoms with van der Waals surface area (Å²) in [6.07, 6.45) is 1.72. The summed E-state index contributed by atoms with van der Waals surface area (Å²) in [5, 5.41) is 2.81. The fourth-order valence-corrected chi connectivity index (χ4v) is 3.17. The van der Waals surface area contributed by atoms with Gasteiger partial charge in [-0.3, -0.25) is 5.32 Å². The molecule has 2 aromatic rings. The molecule has 0 fully saturated rings. The molecule has 0 unspecified atom stereocenters. The van der Waals surface area contributed by atoms with Gasteiger partial charge in [0.25, 0.3) is 0 Å². The van der Waals surface area contributed by atoms with Crippen molar-refractivity contribution >= 4 is 17.5 Å². The molecular weight excluding hydrogens is 340 g/mol. The molecule has 1 N–H and O–H groups in total. The topological polar surface area (TPSA) is 50.8 Å². The number of fused-ring (bicyclic) bond motifs is 1. The van der Waals surface area contributed by atoms with Crippen molar-refractivity contribution in [2.75, 3.05) is 23.5 Å². The fraction of sp³-hybridized carbons (Fsp3) is 0.409. The lowest BCUT2D eigenvalue weighted by Crippen LogP contribution is -2.33. The third kappa shape index (κ3) is 5.16. The van der Waals surface area contributed by atoms with Gasteiger partial charge in [-0.05, 0) is 69.9 Å². The van der Waals surface area contributed by atoms with Crippen molar-refractivity contribution in [2.45, 2.75) is 46.1 Å². The van der Waals surface area contributed by atoms with E-state index in [0.717, 1.165) is 24.9 Å². The van der Waals surface area contributed by atoms with Gasteiger partial charge in [-0.1, -0.05) is 24.3 Å². The summed E-state index contributed by atoms with van der Waals surface area (Å²) in [5.74, 6) is 0.634. The zero-order valence-electron chi connectivity index (χ0n) is 16.5. The minimum absolute atomic E-state index is 0.434. The molecule has 1 heterocycles. The van der Waals surface area contributed by atoms with Crippen molar-refractivity contribution in [2.24, 2.45) is 0 Å². The van der Waals surface area contributed by atoms with Crippen LogP contribution in [0.25, 0.3) is 0 Å². The molecule has 0 aromatic heterocycles. The smallest absolute Gasteiger partial charge is 0.412 e. The van der Waals surface area contributed by atoms with Gasteiger partial charge in [-0.25, -0.2) is 4.79 Å². The van der Waals surface area contributed by atoms with Crippen LogP contribution in [0.2, 0.25) is 0 Å². The van der Waals surface area contributed by atoms with E-state index < -0.39 is 11.7 Å². The predicted octanol–water partition coefficient (Wildman–Crippen LogP) is 5.13. The Balaban J connectivity index is 1.71. The predicted molar refractivity (Wildman–Crippen MR) is 109 cm³/mol. The maximum atomic E-state index is 12.2. The number of nitrogens with zero attached hydrogens (tertiary/aromatic N) is 1. The maximum absolute atomic E-state index is 12.2. The van der Waals surface area contributed by atoms with Crippen LogP contribution >= 0.6 is 0 Å². The van der Waals surface area contributed by atoms with Crippen LogP contribution in [0.5, 0.6) is 5.75 Å². The molecule has 0 saturated carbocycles. The number of carbonyl (C=O) groups excluding carboxylic acids is 1. The number of hydrogen-bond acceptors (Lipinski definition) is 4. The van der Waals surface area contributed by atoms with Crippen LogP contribution in [0.3, 0.4) is 0 Å². The average Bonchev–Trinajstić information content (AvgIpc) is 2.59. The van der Waals surface area contributed by atoms with Gasteiger partial charge < -0.3 is 14.4 Å². The van der Waals surface area contributed by atoms with E-state index in [0.29, 0.717) is 18.2 Å². The molecule has 5 heteroatoms. The van der Waals surface area contributed by atoms with Crippen LogP contribution in [0.4, 0.5) is 16.2 Å². The first-order valence-electron chi connectivity index (χ1n) is 9.38. The van der Waals surface area contributed by atoms with Crippen LogP contribution in [-0.2, 0) is 11.2 Å². The Morgan fingerprint density at radius 1 is 1.19 bits per heavy atom. The second kappa shape index (κ2) is 7.91. The first-order valence-corrected chi connectivity index (χ1v) is 9.38. The third-order valence-corrected chi connectivity index (χ3v) is 4.35. The minimum Gasteiger partial charge on any atom is -0.471 e. The molecule has 0 radical (unpaired) electrons. The lowest BCUT2D eigenvalue weighted by Gasteiger charge is -2.31. The van der Waals surface area contributed by atoms with Crippen molar-refractivity contribution < 1.29 is 14.3 Å². The standard InChI is InChI=1S/C22H28N2O3/c1-16-11-12-20(18(14-16)23-21(25)27-22(2,3)4)26-15-24-13-7-9-17-8-5-6-10-19(17)24/h5-6,8,10-12,14H,7,9,13,15H2,1-4H3,(H,23,25). The van der Waals surface area contributed by atoms with E-state index in [1.165, 1.54) is 11.3 Å². The Kier molecular flexibility index (Phi) is 5.59. The lowest BCUT2D eigenvalue weighted by atomic mass is 10.0. The normalized spacial score (nSPS) is 13.7. The van der Waals surface area contributed by atoms with Crippen LogP contribution < -0.4 is 15.0 Å². The molecule has 0 saturated heterocycles. The molecule has 0 bridgehead atoms. The van der Waals surface area contributed by atoms with Crippen LogP contribution in [0.1, 0.15) is 38.3 Å². The van der Waals surface area contributed by atoms with E-state index >= 15 is 0 Å². The highest BCUT2D eigenvalue weighted by atomic mass is 16.6. The van der Waals surface area contributed by atoms with Crippen molar-refractivity contribution in [1.29, 1.82) is 0 Å². The molecule has 144 valence electrons.